The van der Waals surface area contributed by atoms with Gasteiger partial charge in [0.2, 0.25) is 0 Å². The van der Waals surface area contributed by atoms with Crippen molar-refractivity contribution in [1.29, 1.82) is 0 Å². The Morgan fingerprint density at radius 1 is 0.333 bits per heavy atom. The maximum Gasteiger partial charge on any atom is 0.338 e. The summed E-state index contributed by atoms with van der Waals surface area (Å²) in [5.41, 5.74) is 24.0. The van der Waals surface area contributed by atoms with Crippen molar-refractivity contribution >= 4 is 91.0 Å². The van der Waals surface area contributed by atoms with Gasteiger partial charge in [0.1, 0.15) is 13.2 Å². The summed E-state index contributed by atoms with van der Waals surface area (Å²) in [5, 5.41) is 1.53. The van der Waals surface area contributed by atoms with Gasteiger partial charge in [-0.05, 0) is 147 Å². The lowest BCUT2D eigenvalue weighted by atomic mass is 9.33. The lowest BCUT2D eigenvalue weighted by molar-refractivity contribution is 0.0464. The molecule has 0 saturated carbocycles. The molecule has 0 unspecified atom stereocenters. The number of benzene rings is 13. The van der Waals surface area contributed by atoms with Crippen LogP contribution >= 0.6 is 0 Å². The highest BCUT2D eigenvalue weighted by molar-refractivity contribution is 7.00. The highest BCUT2D eigenvalue weighted by atomic mass is 16.5. The van der Waals surface area contributed by atoms with Crippen molar-refractivity contribution in [3.05, 3.63) is 350 Å². The van der Waals surface area contributed by atoms with E-state index in [1.165, 1.54) is 27.8 Å². The third-order valence-corrected chi connectivity index (χ3v) is 18.5. The molecule has 10 heteroatoms. The van der Waals surface area contributed by atoms with E-state index in [4.69, 9.17) is 19.4 Å². The van der Waals surface area contributed by atoms with E-state index in [1.807, 2.05) is 146 Å². The van der Waals surface area contributed by atoms with Gasteiger partial charge in [-0.1, -0.05) is 224 Å². The van der Waals surface area contributed by atoms with Crippen molar-refractivity contribution in [2.45, 2.75) is 13.2 Å². The lowest BCUT2D eigenvalue weighted by Gasteiger charge is -2.44. The van der Waals surface area contributed by atoms with Gasteiger partial charge in [0, 0.05) is 67.2 Å². The van der Waals surface area contributed by atoms with Crippen LogP contribution in [0.3, 0.4) is 0 Å². The van der Waals surface area contributed by atoms with Crippen LogP contribution in [0.15, 0.2) is 328 Å². The molecule has 0 radical (unpaired) electrons. The highest BCUT2D eigenvalue weighted by Gasteiger charge is 2.43. The minimum Gasteiger partial charge on any atom is -0.457 e. The molecule has 0 N–H and O–H groups in total. The van der Waals surface area contributed by atoms with Gasteiger partial charge in [0.05, 0.1) is 39.2 Å². The summed E-state index contributed by atoms with van der Waals surface area (Å²) < 4.78 is 14.1. The molecule has 9 nitrogen and oxygen atoms in total. The average Bonchev–Trinajstić information content (AvgIpc) is 0.928. The molecule has 13 aromatic carbocycles. The van der Waals surface area contributed by atoms with E-state index in [0.717, 1.165) is 112 Å². The Hall–Kier alpha value is -12.7. The maximum atomic E-state index is 14.1. The molecule has 0 fully saturated rings. The fraction of sp³-hybridized carbons (Fsp3) is 0.0233. The van der Waals surface area contributed by atoms with Crippen LogP contribution in [0.1, 0.15) is 31.8 Å². The van der Waals surface area contributed by atoms with Gasteiger partial charge in [-0.3, -0.25) is 0 Å². The van der Waals surface area contributed by atoms with E-state index in [9.17, 15) is 9.59 Å². The van der Waals surface area contributed by atoms with Crippen molar-refractivity contribution in [3.63, 3.8) is 0 Å². The third kappa shape index (κ3) is 10.4. The number of hydrogen-bond donors (Lipinski definition) is 0. The molecule has 0 aliphatic carbocycles. The first-order valence-electron chi connectivity index (χ1n) is 32.3. The van der Waals surface area contributed by atoms with Crippen LogP contribution in [0, 0.1) is 0 Å². The molecule has 0 atom stereocenters. The maximum absolute atomic E-state index is 14.1. The summed E-state index contributed by atoms with van der Waals surface area (Å²) in [7, 11) is 0. The van der Waals surface area contributed by atoms with Gasteiger partial charge in [0.25, 0.3) is 6.71 Å². The van der Waals surface area contributed by atoms with Crippen LogP contribution < -0.4 is 26.2 Å². The molecule has 2 aromatic heterocycles. The topological polar surface area (TPSA) is 89.8 Å². The lowest BCUT2D eigenvalue weighted by Crippen LogP contribution is -2.61. The quantitative estimate of drug-likeness (QED) is 0.0786. The van der Waals surface area contributed by atoms with Crippen LogP contribution in [0.4, 0.5) is 34.1 Å². The predicted octanol–water partition coefficient (Wildman–Crippen LogP) is 18.7. The molecule has 96 heavy (non-hydrogen) atoms. The number of para-hydroxylation sites is 3. The number of esters is 2. The molecule has 2 aliphatic heterocycles. The number of ether oxygens (including phenoxy) is 2. The first-order valence-corrected chi connectivity index (χ1v) is 32.3. The summed E-state index contributed by atoms with van der Waals surface area (Å²) in [6.07, 6.45) is 0. The number of fused-ring (bicyclic) bond motifs is 7. The molecule has 0 spiro atoms. The van der Waals surface area contributed by atoms with Crippen LogP contribution in [0.2, 0.25) is 0 Å². The number of nitrogens with zero attached hydrogens (tertiary/aromatic N) is 5. The van der Waals surface area contributed by atoms with E-state index < -0.39 is 11.9 Å². The number of aromatic nitrogens is 3. The van der Waals surface area contributed by atoms with Gasteiger partial charge in [-0.2, -0.15) is 0 Å². The largest absolute Gasteiger partial charge is 0.457 e. The molecule has 17 rings (SSSR count). The zero-order chi connectivity index (χ0) is 64.1. The summed E-state index contributed by atoms with van der Waals surface area (Å²) in [4.78, 5) is 43.4. The fourth-order valence-corrected chi connectivity index (χ4v) is 14.0. The minimum absolute atomic E-state index is 0.0329. The molecule has 454 valence electrons. The molecule has 2 aliphatic rings. The van der Waals surface area contributed by atoms with Crippen LogP contribution in [0.25, 0.3) is 83.6 Å². The Morgan fingerprint density at radius 3 is 1.36 bits per heavy atom. The average molecular weight is 1240 g/mol. The number of carbonyl (C=O) groups is 2. The van der Waals surface area contributed by atoms with Crippen LogP contribution in [-0.2, 0) is 22.7 Å². The van der Waals surface area contributed by atoms with Crippen molar-refractivity contribution < 1.29 is 19.1 Å². The van der Waals surface area contributed by atoms with E-state index in [-0.39, 0.29) is 19.9 Å². The summed E-state index contributed by atoms with van der Waals surface area (Å²) >= 11 is 0. The van der Waals surface area contributed by atoms with Crippen LogP contribution in [0.5, 0.6) is 0 Å². The minimum atomic E-state index is -0.458. The monoisotopic (exact) mass is 1240 g/mol. The van der Waals surface area contributed by atoms with Crippen LogP contribution in [-0.4, -0.2) is 33.2 Å². The molecule has 0 amide bonds. The summed E-state index contributed by atoms with van der Waals surface area (Å²) in [5.74, 6) is -0.303. The van der Waals surface area contributed by atoms with E-state index >= 15 is 0 Å². The first-order chi connectivity index (χ1) is 47.4. The fourth-order valence-electron chi connectivity index (χ4n) is 14.0. The van der Waals surface area contributed by atoms with Gasteiger partial charge in [0.15, 0.2) is 5.82 Å². The number of anilines is 6. The van der Waals surface area contributed by atoms with E-state index in [0.29, 0.717) is 17.0 Å². The first kappa shape index (κ1) is 57.3. The number of carbonyl (C=O) groups excluding carboxylic acids is 2. The Kier molecular flexibility index (Phi) is 14.6. The Balaban J connectivity index is 0.805. The van der Waals surface area contributed by atoms with E-state index in [1.54, 1.807) is 0 Å². The summed E-state index contributed by atoms with van der Waals surface area (Å²) in [6.45, 7) is 0.275. The van der Waals surface area contributed by atoms with Gasteiger partial charge < -0.3 is 23.8 Å². The van der Waals surface area contributed by atoms with Crippen molar-refractivity contribution in [2.75, 3.05) is 9.80 Å². The van der Waals surface area contributed by atoms with Gasteiger partial charge >= 0.3 is 11.9 Å². The Morgan fingerprint density at radius 2 is 0.781 bits per heavy atom. The second-order valence-electron chi connectivity index (χ2n) is 24.2. The standard InChI is InChI=1S/C86H58BN5O4/c93-85(95-55-57-22-6-1-7-23-57)65-45-48-77-70(52-65)71-53-66(86(94)96-56-58-24-8-2-9-25-58)46-49-78(71)92(77)76-47-44-64(75-54-74(61-26-10-3-11-27-61)88-84(89-75)62-28-12-4-13-29-62)51-69(76)60-42-40-59(41-43-60)63-30-20-33-68(50-63)91-80-37-19-17-35-73(80)87-72-34-16-18-36-79(72)90(67-31-14-5-15-32-67)81-38-21-39-82(91)83(81)87/h1-54H,55-56H2. The normalized spacial score (nSPS) is 12.1. The van der Waals surface area contributed by atoms with Gasteiger partial charge in [-0.15, -0.1) is 0 Å². The zero-order valence-electron chi connectivity index (χ0n) is 52.0. The molecule has 0 bridgehead atoms. The number of hydrogen-bond acceptors (Lipinski definition) is 8. The molecular formula is C86H58BN5O4. The smallest absolute Gasteiger partial charge is 0.338 e. The second kappa shape index (κ2) is 24.4. The zero-order valence-corrected chi connectivity index (χ0v) is 52.0. The Bertz CT molecular complexity index is 5310. The third-order valence-electron chi connectivity index (χ3n) is 18.5. The van der Waals surface area contributed by atoms with Crippen molar-refractivity contribution in [2.24, 2.45) is 0 Å². The second-order valence-corrected chi connectivity index (χ2v) is 24.2. The Labute approximate surface area is 556 Å². The molecule has 0 saturated heterocycles. The van der Waals surface area contributed by atoms with Gasteiger partial charge in [-0.25, -0.2) is 19.6 Å². The number of rotatable bonds is 14. The summed E-state index contributed by atoms with van der Waals surface area (Å²) in [6, 6.07) is 112. The van der Waals surface area contributed by atoms with Crippen molar-refractivity contribution in [1.82, 2.24) is 14.5 Å². The predicted molar refractivity (Wildman–Crippen MR) is 389 cm³/mol. The molecule has 4 heterocycles. The van der Waals surface area contributed by atoms with Crippen molar-refractivity contribution in [3.8, 4) is 61.8 Å². The molecular weight excluding hydrogens is 1180 g/mol. The van der Waals surface area contributed by atoms with E-state index in [2.05, 4.69) is 196 Å². The highest BCUT2D eigenvalue weighted by Crippen LogP contribution is 2.46. The molecule has 15 aromatic rings. The SMILES string of the molecule is O=C(OCc1ccccc1)c1ccc2c(c1)c1cc(C(=O)OCc3ccccc3)ccc1n2-c1ccc(-c2cc(-c3ccccc3)nc(-c3ccccc3)n2)cc1-c1ccc(-c2cccc(N3c4ccccc4B4c5ccccc5N(c5ccccc5)c5cccc3c54)c2)cc1.